The van der Waals surface area contributed by atoms with Crippen LogP contribution in [0.5, 0.6) is 5.75 Å². The van der Waals surface area contributed by atoms with Gasteiger partial charge in [0, 0.05) is 11.8 Å². The summed E-state index contributed by atoms with van der Waals surface area (Å²) in [4.78, 5) is 3.45. The van der Waals surface area contributed by atoms with Crippen LogP contribution in [0.15, 0.2) is 10.8 Å². The molecule has 1 aromatic heterocycles. The molecule has 0 fully saturated rings. The first-order chi connectivity index (χ1) is 8.26. The maximum absolute atomic E-state index is 12.7. The zero-order valence-corrected chi connectivity index (χ0v) is 10.0. The molecule has 0 N–H and O–H groups in total. The van der Waals surface area contributed by atoms with Crippen molar-refractivity contribution >= 4 is 15.9 Å². The molecule has 0 saturated heterocycles. The smallest absolute Gasteiger partial charge is 0.405 e. The van der Waals surface area contributed by atoms with Crippen LogP contribution in [0.1, 0.15) is 17.6 Å². The van der Waals surface area contributed by atoms with E-state index in [1.54, 1.807) is 6.07 Å². The molecule has 0 aliphatic carbocycles. The largest absolute Gasteiger partial charge is 0.573 e. The lowest BCUT2D eigenvalue weighted by molar-refractivity contribution is -0.275. The Labute approximate surface area is 106 Å². The van der Waals surface area contributed by atoms with E-state index in [-0.39, 0.29) is 5.56 Å². The molecule has 98 valence electrons. The Morgan fingerprint density at radius 2 is 2.06 bits per heavy atom. The topological polar surface area (TPSA) is 45.9 Å². The second-order valence-corrected chi connectivity index (χ2v) is 3.75. The lowest BCUT2D eigenvalue weighted by atomic mass is 10.1. The highest BCUT2D eigenvalue weighted by atomic mass is 79.9. The van der Waals surface area contributed by atoms with Crippen LogP contribution in [0.4, 0.5) is 22.0 Å². The number of halogens is 6. The number of hydrogen-bond acceptors (Lipinski definition) is 3. The van der Waals surface area contributed by atoms with Crippen LogP contribution in [-0.2, 0) is 6.42 Å². The maximum atomic E-state index is 12.7. The molecular formula is C9H4BrF5N2O. The van der Waals surface area contributed by atoms with Gasteiger partial charge < -0.3 is 4.74 Å². The molecule has 0 radical (unpaired) electrons. The van der Waals surface area contributed by atoms with Gasteiger partial charge in [-0.15, -0.1) is 13.2 Å². The van der Waals surface area contributed by atoms with Crippen LogP contribution in [0.2, 0.25) is 0 Å². The van der Waals surface area contributed by atoms with Crippen LogP contribution in [0, 0.1) is 11.3 Å². The summed E-state index contributed by atoms with van der Waals surface area (Å²) in [6.07, 6.45) is -8.00. The molecule has 0 unspecified atom stereocenters. The molecule has 0 atom stereocenters. The first-order valence-corrected chi connectivity index (χ1v) is 5.13. The standard InChI is InChI=1S/C9H4BrF5N2O/c10-7-5(8(11)12)6(18-9(13,14)15)4(1-2-16)3-17-7/h3,8H,1H2. The van der Waals surface area contributed by atoms with E-state index in [0.29, 0.717) is 0 Å². The molecule has 0 bridgehead atoms. The molecule has 0 spiro atoms. The Bertz CT molecular complexity index is 483. The number of alkyl halides is 5. The summed E-state index contributed by atoms with van der Waals surface area (Å²) >= 11 is 2.62. The molecule has 1 heterocycles. The lowest BCUT2D eigenvalue weighted by Gasteiger charge is -2.16. The van der Waals surface area contributed by atoms with Crippen LogP contribution >= 0.6 is 15.9 Å². The first-order valence-electron chi connectivity index (χ1n) is 4.34. The third-order valence-electron chi connectivity index (χ3n) is 1.80. The SMILES string of the molecule is N#CCc1cnc(Br)c(C(F)F)c1OC(F)(F)F. The van der Waals surface area contributed by atoms with Crippen molar-refractivity contribution in [2.24, 2.45) is 0 Å². The van der Waals surface area contributed by atoms with Crippen LogP contribution in [0.25, 0.3) is 0 Å². The van der Waals surface area contributed by atoms with Crippen molar-refractivity contribution < 1.29 is 26.7 Å². The summed E-state index contributed by atoms with van der Waals surface area (Å²) in [7, 11) is 0. The van der Waals surface area contributed by atoms with E-state index in [0.717, 1.165) is 6.20 Å². The minimum Gasteiger partial charge on any atom is -0.405 e. The van der Waals surface area contributed by atoms with Crippen molar-refractivity contribution in [2.45, 2.75) is 19.2 Å². The molecule has 0 aromatic carbocycles. The average molecular weight is 331 g/mol. The summed E-state index contributed by atoms with van der Waals surface area (Å²) in [6.45, 7) is 0. The molecular weight excluding hydrogens is 327 g/mol. The van der Waals surface area contributed by atoms with Gasteiger partial charge in [0.15, 0.2) is 0 Å². The Balaban J connectivity index is 3.39. The van der Waals surface area contributed by atoms with Gasteiger partial charge in [-0.3, -0.25) is 0 Å². The Morgan fingerprint density at radius 3 is 2.50 bits per heavy atom. The molecule has 0 aliphatic heterocycles. The van der Waals surface area contributed by atoms with Crippen molar-refractivity contribution in [1.29, 1.82) is 5.26 Å². The van der Waals surface area contributed by atoms with Crippen molar-refractivity contribution in [2.75, 3.05) is 0 Å². The number of pyridine rings is 1. The summed E-state index contributed by atoms with van der Waals surface area (Å²) in [5.41, 5.74) is -1.38. The van der Waals surface area contributed by atoms with Crippen LogP contribution in [-0.4, -0.2) is 11.3 Å². The highest BCUT2D eigenvalue weighted by molar-refractivity contribution is 9.10. The predicted molar refractivity (Wildman–Crippen MR) is 52.9 cm³/mol. The van der Waals surface area contributed by atoms with E-state index >= 15 is 0 Å². The van der Waals surface area contributed by atoms with Crippen molar-refractivity contribution in [3.05, 3.63) is 21.9 Å². The van der Waals surface area contributed by atoms with Crippen molar-refractivity contribution in [1.82, 2.24) is 4.98 Å². The first kappa shape index (κ1) is 14.6. The normalized spacial score (nSPS) is 11.4. The third-order valence-corrected chi connectivity index (χ3v) is 2.43. The van der Waals surface area contributed by atoms with Crippen LogP contribution in [0.3, 0.4) is 0 Å². The molecule has 3 nitrogen and oxygen atoms in total. The van der Waals surface area contributed by atoms with E-state index in [9.17, 15) is 22.0 Å². The second kappa shape index (κ2) is 5.48. The van der Waals surface area contributed by atoms with Gasteiger partial charge >= 0.3 is 6.36 Å². The number of ether oxygens (including phenoxy) is 1. The Hall–Kier alpha value is -1.43. The molecule has 0 amide bonds. The molecule has 1 aromatic rings. The van der Waals surface area contributed by atoms with Crippen molar-refractivity contribution in [3.63, 3.8) is 0 Å². The van der Waals surface area contributed by atoms with E-state index in [2.05, 4.69) is 25.7 Å². The van der Waals surface area contributed by atoms with Crippen molar-refractivity contribution in [3.8, 4) is 11.8 Å². The van der Waals surface area contributed by atoms with E-state index < -0.39 is 35.1 Å². The van der Waals surface area contributed by atoms with E-state index in [1.165, 1.54) is 0 Å². The third kappa shape index (κ3) is 3.53. The van der Waals surface area contributed by atoms with Gasteiger partial charge in [-0.2, -0.15) is 5.26 Å². The Kier molecular flexibility index (Phi) is 4.45. The van der Waals surface area contributed by atoms with Gasteiger partial charge in [-0.1, -0.05) is 0 Å². The number of hydrogen-bond donors (Lipinski definition) is 0. The predicted octanol–water partition coefficient (Wildman–Crippen LogP) is 3.75. The molecule has 9 heteroatoms. The highest BCUT2D eigenvalue weighted by Gasteiger charge is 2.35. The summed E-state index contributed by atoms with van der Waals surface area (Å²) in [6, 6.07) is 1.55. The van der Waals surface area contributed by atoms with Gasteiger partial charge in [0.1, 0.15) is 10.4 Å². The average Bonchev–Trinajstić information content (AvgIpc) is 2.19. The zero-order chi connectivity index (χ0) is 13.9. The monoisotopic (exact) mass is 330 g/mol. The number of rotatable bonds is 3. The van der Waals surface area contributed by atoms with Gasteiger partial charge in [0.2, 0.25) is 0 Å². The quantitative estimate of drug-likeness (QED) is 0.626. The highest BCUT2D eigenvalue weighted by Crippen LogP contribution is 2.39. The number of nitriles is 1. The molecule has 0 saturated carbocycles. The minimum atomic E-state index is -5.13. The second-order valence-electron chi connectivity index (χ2n) is 3.00. The van der Waals surface area contributed by atoms with E-state index in [4.69, 9.17) is 5.26 Å². The minimum absolute atomic E-state index is 0.353. The molecule has 1 rings (SSSR count). The van der Waals surface area contributed by atoms with Gasteiger partial charge in [0.25, 0.3) is 6.43 Å². The van der Waals surface area contributed by atoms with Gasteiger partial charge in [-0.25, -0.2) is 13.8 Å². The lowest BCUT2D eigenvalue weighted by Crippen LogP contribution is -2.20. The fourth-order valence-corrected chi connectivity index (χ4v) is 1.62. The van der Waals surface area contributed by atoms with Gasteiger partial charge in [0.05, 0.1) is 18.1 Å². The maximum Gasteiger partial charge on any atom is 0.573 e. The summed E-state index contributed by atoms with van der Waals surface area (Å²) < 4.78 is 64.9. The van der Waals surface area contributed by atoms with E-state index in [1.807, 2.05) is 0 Å². The molecule has 0 aliphatic rings. The van der Waals surface area contributed by atoms with Gasteiger partial charge in [-0.05, 0) is 15.9 Å². The Morgan fingerprint density at radius 1 is 1.44 bits per heavy atom. The zero-order valence-electron chi connectivity index (χ0n) is 8.43. The van der Waals surface area contributed by atoms with Crippen LogP contribution < -0.4 is 4.74 Å². The fourth-order valence-electron chi connectivity index (χ4n) is 1.17. The fraction of sp³-hybridized carbons (Fsp3) is 0.333. The summed E-state index contributed by atoms with van der Waals surface area (Å²) in [5, 5.41) is 8.43. The molecule has 18 heavy (non-hydrogen) atoms. The number of nitrogens with zero attached hydrogens (tertiary/aromatic N) is 2. The number of aromatic nitrogens is 1. The summed E-state index contributed by atoms with van der Waals surface area (Å²) in [5.74, 6) is -1.08.